The standard InChI is InChI=1S/C13H20N2O/c1-3-12(15-10-13(16)14-2)9-11-7-5-4-6-8-11/h4-8,12,15H,3,9-10H2,1-2H3,(H,14,16). The highest BCUT2D eigenvalue weighted by atomic mass is 16.1. The van der Waals surface area contributed by atoms with E-state index in [2.05, 4.69) is 29.7 Å². The average molecular weight is 220 g/mol. The molecule has 3 nitrogen and oxygen atoms in total. The van der Waals surface area contributed by atoms with Gasteiger partial charge in [-0.3, -0.25) is 4.79 Å². The number of hydrogen-bond donors (Lipinski definition) is 2. The van der Waals surface area contributed by atoms with Gasteiger partial charge in [0.25, 0.3) is 0 Å². The number of hydrogen-bond acceptors (Lipinski definition) is 2. The van der Waals surface area contributed by atoms with E-state index in [1.165, 1.54) is 5.56 Å². The second kappa shape index (κ2) is 7.01. The van der Waals surface area contributed by atoms with Gasteiger partial charge in [-0.25, -0.2) is 0 Å². The van der Waals surface area contributed by atoms with E-state index >= 15 is 0 Å². The Morgan fingerprint density at radius 1 is 1.31 bits per heavy atom. The Bertz CT molecular complexity index is 311. The van der Waals surface area contributed by atoms with Gasteiger partial charge in [0, 0.05) is 13.1 Å². The molecule has 0 aliphatic carbocycles. The number of likely N-dealkylation sites (N-methyl/N-ethyl adjacent to an activating group) is 1. The summed E-state index contributed by atoms with van der Waals surface area (Å²) in [4.78, 5) is 11.1. The van der Waals surface area contributed by atoms with Crippen molar-refractivity contribution in [3.63, 3.8) is 0 Å². The summed E-state index contributed by atoms with van der Waals surface area (Å²) in [6.07, 6.45) is 1.99. The molecule has 1 rings (SSSR count). The number of nitrogens with one attached hydrogen (secondary N) is 2. The molecule has 1 atom stereocenters. The molecular formula is C13H20N2O. The van der Waals surface area contributed by atoms with Crippen molar-refractivity contribution in [2.45, 2.75) is 25.8 Å². The van der Waals surface area contributed by atoms with Crippen molar-refractivity contribution in [3.05, 3.63) is 35.9 Å². The molecule has 1 aromatic rings. The van der Waals surface area contributed by atoms with Crippen molar-refractivity contribution in [1.82, 2.24) is 10.6 Å². The zero-order valence-electron chi connectivity index (χ0n) is 9.99. The highest BCUT2D eigenvalue weighted by Gasteiger charge is 2.08. The van der Waals surface area contributed by atoms with Gasteiger partial charge in [0.15, 0.2) is 0 Å². The van der Waals surface area contributed by atoms with Crippen LogP contribution in [0.25, 0.3) is 0 Å². The fraction of sp³-hybridized carbons (Fsp3) is 0.462. The summed E-state index contributed by atoms with van der Waals surface area (Å²) in [5, 5.41) is 5.86. The van der Waals surface area contributed by atoms with Crippen LogP contribution in [0.3, 0.4) is 0 Å². The second-order valence-electron chi connectivity index (χ2n) is 3.85. The zero-order chi connectivity index (χ0) is 11.8. The first-order valence-corrected chi connectivity index (χ1v) is 5.74. The molecule has 0 aliphatic heterocycles. The molecule has 0 saturated heterocycles. The maximum absolute atomic E-state index is 11.1. The zero-order valence-corrected chi connectivity index (χ0v) is 9.99. The van der Waals surface area contributed by atoms with Crippen LogP contribution in [0, 0.1) is 0 Å². The topological polar surface area (TPSA) is 41.1 Å². The third-order valence-electron chi connectivity index (χ3n) is 2.65. The molecule has 0 fully saturated rings. The van der Waals surface area contributed by atoms with E-state index in [1.807, 2.05) is 18.2 Å². The summed E-state index contributed by atoms with van der Waals surface area (Å²) >= 11 is 0. The van der Waals surface area contributed by atoms with Crippen LogP contribution in [0.4, 0.5) is 0 Å². The Morgan fingerprint density at radius 2 is 2.00 bits per heavy atom. The fourth-order valence-corrected chi connectivity index (χ4v) is 1.58. The van der Waals surface area contributed by atoms with Gasteiger partial charge in [-0.15, -0.1) is 0 Å². The summed E-state index contributed by atoms with van der Waals surface area (Å²) in [5.41, 5.74) is 1.30. The Morgan fingerprint density at radius 3 is 2.56 bits per heavy atom. The molecule has 0 aromatic heterocycles. The summed E-state index contributed by atoms with van der Waals surface area (Å²) < 4.78 is 0. The third-order valence-corrected chi connectivity index (χ3v) is 2.65. The van der Waals surface area contributed by atoms with Gasteiger partial charge in [0.1, 0.15) is 0 Å². The third kappa shape index (κ3) is 4.45. The Hall–Kier alpha value is -1.35. The Balaban J connectivity index is 2.40. The highest BCUT2D eigenvalue weighted by molar-refractivity contribution is 5.77. The van der Waals surface area contributed by atoms with E-state index in [0.29, 0.717) is 12.6 Å². The summed E-state index contributed by atoms with van der Waals surface area (Å²) in [7, 11) is 1.65. The number of carbonyl (C=O) groups is 1. The number of benzene rings is 1. The molecule has 0 spiro atoms. The lowest BCUT2D eigenvalue weighted by Gasteiger charge is -2.16. The van der Waals surface area contributed by atoms with Crippen LogP contribution in [0.15, 0.2) is 30.3 Å². The van der Waals surface area contributed by atoms with E-state index in [1.54, 1.807) is 7.05 Å². The van der Waals surface area contributed by atoms with Gasteiger partial charge >= 0.3 is 0 Å². The summed E-state index contributed by atoms with van der Waals surface area (Å²) in [5.74, 6) is 0.0338. The van der Waals surface area contributed by atoms with E-state index in [9.17, 15) is 4.79 Å². The summed E-state index contributed by atoms with van der Waals surface area (Å²) in [6, 6.07) is 10.7. The molecule has 2 N–H and O–H groups in total. The van der Waals surface area contributed by atoms with Crippen molar-refractivity contribution in [1.29, 1.82) is 0 Å². The number of amides is 1. The molecular weight excluding hydrogens is 200 g/mol. The molecule has 0 radical (unpaired) electrons. The SMILES string of the molecule is CCC(Cc1ccccc1)NCC(=O)NC. The largest absolute Gasteiger partial charge is 0.358 e. The molecule has 1 unspecified atom stereocenters. The van der Waals surface area contributed by atoms with Crippen LogP contribution in [0.5, 0.6) is 0 Å². The first-order chi connectivity index (χ1) is 7.76. The Kier molecular flexibility index (Phi) is 5.57. The molecule has 0 aliphatic rings. The van der Waals surface area contributed by atoms with Crippen LogP contribution in [-0.4, -0.2) is 25.5 Å². The lowest BCUT2D eigenvalue weighted by molar-refractivity contribution is -0.119. The normalized spacial score (nSPS) is 12.1. The Labute approximate surface area is 97.2 Å². The van der Waals surface area contributed by atoms with Crippen LogP contribution in [-0.2, 0) is 11.2 Å². The minimum atomic E-state index is 0.0338. The van der Waals surface area contributed by atoms with Crippen molar-refractivity contribution >= 4 is 5.91 Å². The molecule has 88 valence electrons. The fourth-order valence-electron chi connectivity index (χ4n) is 1.58. The molecule has 0 saturated carbocycles. The average Bonchev–Trinajstić information content (AvgIpc) is 2.35. The van der Waals surface area contributed by atoms with Crippen LogP contribution in [0.1, 0.15) is 18.9 Å². The maximum atomic E-state index is 11.1. The minimum absolute atomic E-state index is 0.0338. The molecule has 1 amide bonds. The van der Waals surface area contributed by atoms with Crippen molar-refractivity contribution in [2.24, 2.45) is 0 Å². The van der Waals surface area contributed by atoms with Gasteiger partial charge in [0.2, 0.25) is 5.91 Å². The van der Waals surface area contributed by atoms with Crippen LogP contribution in [0.2, 0.25) is 0 Å². The number of carbonyl (C=O) groups excluding carboxylic acids is 1. The van der Waals surface area contributed by atoms with Crippen LogP contribution < -0.4 is 10.6 Å². The monoisotopic (exact) mass is 220 g/mol. The second-order valence-corrected chi connectivity index (χ2v) is 3.85. The smallest absolute Gasteiger partial charge is 0.233 e. The van der Waals surface area contributed by atoms with Crippen molar-refractivity contribution in [2.75, 3.05) is 13.6 Å². The summed E-state index contributed by atoms with van der Waals surface area (Å²) in [6.45, 7) is 2.52. The van der Waals surface area contributed by atoms with E-state index < -0.39 is 0 Å². The lowest BCUT2D eigenvalue weighted by atomic mass is 10.0. The van der Waals surface area contributed by atoms with Gasteiger partial charge < -0.3 is 10.6 Å². The maximum Gasteiger partial charge on any atom is 0.233 e. The van der Waals surface area contributed by atoms with Gasteiger partial charge in [0.05, 0.1) is 6.54 Å². The predicted octanol–water partition coefficient (Wildman–Crippen LogP) is 1.34. The van der Waals surface area contributed by atoms with Gasteiger partial charge in [-0.2, -0.15) is 0 Å². The predicted molar refractivity (Wildman–Crippen MR) is 66.3 cm³/mol. The first kappa shape index (κ1) is 12.7. The van der Waals surface area contributed by atoms with E-state index in [0.717, 1.165) is 12.8 Å². The molecule has 3 heteroatoms. The van der Waals surface area contributed by atoms with Gasteiger partial charge in [-0.1, -0.05) is 37.3 Å². The quantitative estimate of drug-likeness (QED) is 0.759. The van der Waals surface area contributed by atoms with Crippen molar-refractivity contribution < 1.29 is 4.79 Å². The van der Waals surface area contributed by atoms with Crippen LogP contribution >= 0.6 is 0 Å². The van der Waals surface area contributed by atoms with E-state index in [4.69, 9.17) is 0 Å². The number of rotatable bonds is 6. The highest BCUT2D eigenvalue weighted by Crippen LogP contribution is 2.05. The van der Waals surface area contributed by atoms with Gasteiger partial charge in [-0.05, 0) is 18.4 Å². The minimum Gasteiger partial charge on any atom is -0.358 e. The molecule has 0 bridgehead atoms. The molecule has 0 heterocycles. The molecule has 1 aromatic carbocycles. The van der Waals surface area contributed by atoms with Crippen molar-refractivity contribution in [3.8, 4) is 0 Å². The first-order valence-electron chi connectivity index (χ1n) is 5.74. The molecule has 16 heavy (non-hydrogen) atoms. The van der Waals surface area contributed by atoms with E-state index in [-0.39, 0.29) is 5.91 Å². The lowest BCUT2D eigenvalue weighted by Crippen LogP contribution is -2.38.